The zero-order chi connectivity index (χ0) is 23.3. The quantitative estimate of drug-likeness (QED) is 0.251. The molecule has 1 aliphatic rings. The molecule has 0 saturated heterocycles. The molecular weight excluding hydrogens is 520 g/mol. The minimum Gasteiger partial charge on any atom is -0.335 e. The minimum atomic E-state index is -4.92. The van der Waals surface area contributed by atoms with Gasteiger partial charge in [0.15, 0.2) is 0 Å². The number of halogens is 7. The Hall–Kier alpha value is -2.46. The number of benzene rings is 3. The molecule has 3 aromatic carbocycles. The van der Waals surface area contributed by atoms with Gasteiger partial charge in [-0.25, -0.2) is 0 Å². The van der Waals surface area contributed by atoms with Gasteiger partial charge in [-0.05, 0) is 60.2 Å². The first-order valence-electron chi connectivity index (χ1n) is 9.08. The molecule has 1 heterocycles. The van der Waals surface area contributed by atoms with Crippen molar-refractivity contribution in [3.63, 3.8) is 0 Å². The fraction of sp³-hybridized carbons (Fsp3) is 0.136. The number of aldehydes is 1. The van der Waals surface area contributed by atoms with Gasteiger partial charge >= 0.3 is 12.4 Å². The van der Waals surface area contributed by atoms with Gasteiger partial charge in [-0.2, -0.15) is 26.3 Å². The fourth-order valence-electron chi connectivity index (χ4n) is 3.41. The minimum absolute atomic E-state index is 0.116. The summed E-state index contributed by atoms with van der Waals surface area (Å²) < 4.78 is 80.5. The molecule has 2 nitrogen and oxygen atoms in total. The van der Waals surface area contributed by atoms with Crippen LogP contribution in [0.1, 0.15) is 27.0 Å². The molecule has 0 aromatic heterocycles. The average Bonchev–Trinajstić information content (AvgIpc) is 2.71. The van der Waals surface area contributed by atoms with E-state index in [9.17, 15) is 31.1 Å². The van der Waals surface area contributed by atoms with Crippen molar-refractivity contribution in [3.05, 3.63) is 81.3 Å². The average molecular weight is 532 g/mol. The second kappa shape index (κ2) is 8.15. The molecule has 0 spiro atoms. The highest BCUT2D eigenvalue weighted by atomic mass is 79.9. The number of alkyl halides is 6. The predicted molar refractivity (Wildman–Crippen MR) is 112 cm³/mol. The van der Waals surface area contributed by atoms with Gasteiger partial charge in [-0.15, -0.1) is 0 Å². The Bertz CT molecular complexity index is 1180. The third-order valence-corrected chi connectivity index (χ3v) is 6.42. The zero-order valence-corrected chi connectivity index (χ0v) is 18.3. The number of fused-ring (bicyclic) bond motifs is 2. The monoisotopic (exact) mass is 531 g/mol. The lowest BCUT2D eigenvalue weighted by Gasteiger charge is -2.33. The van der Waals surface area contributed by atoms with Crippen LogP contribution in [0, 0.1) is 0 Å². The van der Waals surface area contributed by atoms with Crippen LogP contribution in [0.3, 0.4) is 0 Å². The standard InChI is InChI=1S/C22H12BrF6NOS/c23-16-2-4-18-20(9-16)32-19-7-12(11-31)1-3-17(19)30(18)10-13-5-14(21(24,25)26)8-15(6-13)22(27,28)29/h1-9,11H,10H2. The molecule has 1 aliphatic heterocycles. The van der Waals surface area contributed by atoms with Crippen molar-refractivity contribution in [1.82, 2.24) is 0 Å². The molecular formula is C22H12BrF6NOS. The predicted octanol–water partition coefficient (Wildman–Crippen LogP) is 8.10. The number of carbonyl (C=O) groups is 1. The largest absolute Gasteiger partial charge is 0.416 e. The maximum Gasteiger partial charge on any atom is 0.416 e. The Morgan fingerprint density at radius 2 is 1.38 bits per heavy atom. The summed E-state index contributed by atoms with van der Waals surface area (Å²) in [4.78, 5) is 14.3. The van der Waals surface area contributed by atoms with E-state index in [1.807, 2.05) is 0 Å². The van der Waals surface area contributed by atoms with Gasteiger partial charge in [0.2, 0.25) is 0 Å². The Morgan fingerprint density at radius 1 is 0.812 bits per heavy atom. The summed E-state index contributed by atoms with van der Waals surface area (Å²) in [7, 11) is 0. The Kier molecular flexibility index (Phi) is 5.79. The van der Waals surface area contributed by atoms with Crippen molar-refractivity contribution < 1.29 is 31.1 Å². The maximum atomic E-state index is 13.3. The van der Waals surface area contributed by atoms with E-state index in [-0.39, 0.29) is 18.2 Å². The van der Waals surface area contributed by atoms with Crippen LogP contribution in [0.4, 0.5) is 37.7 Å². The molecule has 0 radical (unpaired) electrons. The van der Waals surface area contributed by atoms with Gasteiger partial charge in [0.05, 0.1) is 22.5 Å². The molecule has 4 rings (SSSR count). The summed E-state index contributed by atoms with van der Waals surface area (Å²) >= 11 is 4.73. The van der Waals surface area contributed by atoms with E-state index in [1.165, 1.54) is 11.8 Å². The molecule has 0 saturated carbocycles. The van der Waals surface area contributed by atoms with Crippen LogP contribution in [0.25, 0.3) is 0 Å². The number of nitrogens with zero attached hydrogens (tertiary/aromatic N) is 1. The normalized spacial score (nSPS) is 13.5. The molecule has 32 heavy (non-hydrogen) atoms. The summed E-state index contributed by atoms with van der Waals surface area (Å²) in [5.41, 5.74) is -1.23. The number of hydrogen-bond acceptors (Lipinski definition) is 3. The van der Waals surface area contributed by atoms with Crippen molar-refractivity contribution in [2.45, 2.75) is 28.7 Å². The first-order chi connectivity index (χ1) is 15.0. The van der Waals surface area contributed by atoms with E-state index in [1.54, 1.807) is 41.3 Å². The molecule has 10 heteroatoms. The second-order valence-electron chi connectivity index (χ2n) is 7.06. The third-order valence-electron chi connectivity index (χ3n) is 4.83. The summed E-state index contributed by atoms with van der Waals surface area (Å²) in [5, 5.41) is 0. The molecule has 0 aliphatic carbocycles. The maximum absolute atomic E-state index is 13.3. The summed E-state index contributed by atoms with van der Waals surface area (Å²) in [6.07, 6.45) is -9.18. The third kappa shape index (κ3) is 4.52. The summed E-state index contributed by atoms with van der Waals surface area (Å²) in [6, 6.07) is 11.7. The van der Waals surface area contributed by atoms with Crippen LogP contribution in [-0.2, 0) is 18.9 Å². The molecule has 0 unspecified atom stereocenters. The van der Waals surface area contributed by atoms with Crippen LogP contribution in [0.5, 0.6) is 0 Å². The van der Waals surface area contributed by atoms with E-state index >= 15 is 0 Å². The molecule has 0 bridgehead atoms. The van der Waals surface area contributed by atoms with E-state index < -0.39 is 23.5 Å². The first-order valence-corrected chi connectivity index (χ1v) is 10.7. The summed E-state index contributed by atoms with van der Waals surface area (Å²) in [5.74, 6) is 0. The number of anilines is 2. The van der Waals surface area contributed by atoms with E-state index in [0.717, 1.165) is 21.5 Å². The van der Waals surface area contributed by atoms with Crippen molar-refractivity contribution in [3.8, 4) is 0 Å². The van der Waals surface area contributed by atoms with Gasteiger partial charge in [0, 0.05) is 26.4 Å². The summed E-state index contributed by atoms with van der Waals surface area (Å²) in [6.45, 7) is -0.227. The smallest absolute Gasteiger partial charge is 0.335 e. The highest BCUT2D eigenvalue weighted by Crippen LogP contribution is 2.50. The zero-order valence-electron chi connectivity index (χ0n) is 15.9. The Balaban J connectivity index is 1.85. The van der Waals surface area contributed by atoms with Crippen LogP contribution in [0.15, 0.2) is 68.9 Å². The molecule has 0 N–H and O–H groups in total. The van der Waals surface area contributed by atoms with Crippen LogP contribution >= 0.6 is 27.7 Å². The van der Waals surface area contributed by atoms with E-state index in [2.05, 4.69) is 15.9 Å². The lowest BCUT2D eigenvalue weighted by Crippen LogP contribution is -2.21. The molecule has 0 atom stereocenters. The van der Waals surface area contributed by atoms with E-state index in [0.29, 0.717) is 28.1 Å². The van der Waals surface area contributed by atoms with Crippen molar-refractivity contribution in [2.24, 2.45) is 0 Å². The SMILES string of the molecule is O=Cc1ccc2c(c1)Sc1cc(Br)ccc1N2Cc1cc(C(F)(F)F)cc(C(F)(F)F)c1. The van der Waals surface area contributed by atoms with Crippen LogP contribution in [0.2, 0.25) is 0 Å². The van der Waals surface area contributed by atoms with Gasteiger partial charge in [0.1, 0.15) is 6.29 Å². The van der Waals surface area contributed by atoms with Crippen molar-refractivity contribution in [1.29, 1.82) is 0 Å². The Morgan fingerprint density at radius 3 is 1.94 bits per heavy atom. The van der Waals surface area contributed by atoms with Gasteiger partial charge < -0.3 is 4.90 Å². The highest BCUT2D eigenvalue weighted by molar-refractivity contribution is 9.10. The second-order valence-corrected chi connectivity index (χ2v) is 9.06. The molecule has 0 fully saturated rings. The van der Waals surface area contributed by atoms with Gasteiger partial charge in [-0.3, -0.25) is 4.79 Å². The highest BCUT2D eigenvalue weighted by Gasteiger charge is 2.37. The lowest BCUT2D eigenvalue weighted by atomic mass is 10.0. The molecule has 0 amide bonds. The number of hydrogen-bond donors (Lipinski definition) is 0. The number of carbonyl (C=O) groups excluding carboxylic acids is 1. The van der Waals surface area contributed by atoms with E-state index in [4.69, 9.17) is 0 Å². The van der Waals surface area contributed by atoms with Gasteiger partial charge in [0.25, 0.3) is 0 Å². The molecule has 166 valence electrons. The fourth-order valence-corrected chi connectivity index (χ4v) is 5.11. The van der Waals surface area contributed by atoms with Gasteiger partial charge in [-0.1, -0.05) is 27.7 Å². The molecule has 3 aromatic rings. The van der Waals surface area contributed by atoms with Crippen molar-refractivity contribution in [2.75, 3.05) is 4.90 Å². The first kappa shape index (κ1) is 22.7. The van der Waals surface area contributed by atoms with Crippen LogP contribution < -0.4 is 4.90 Å². The van der Waals surface area contributed by atoms with Crippen molar-refractivity contribution >= 4 is 45.4 Å². The topological polar surface area (TPSA) is 20.3 Å². The number of rotatable bonds is 3. The van der Waals surface area contributed by atoms with Crippen LogP contribution in [-0.4, -0.2) is 6.29 Å². The lowest BCUT2D eigenvalue weighted by molar-refractivity contribution is -0.143. The Labute approximate surface area is 191 Å².